The number of hydrogen-bond donors (Lipinski definition) is 2. The molecule has 0 spiro atoms. The zero-order chi connectivity index (χ0) is 25.8. The summed E-state index contributed by atoms with van der Waals surface area (Å²) < 4.78 is 5.74. The summed E-state index contributed by atoms with van der Waals surface area (Å²) >= 11 is 0. The summed E-state index contributed by atoms with van der Waals surface area (Å²) in [5, 5.41) is 2.74. The van der Waals surface area contributed by atoms with Crippen molar-refractivity contribution in [2.75, 3.05) is 5.73 Å². The molecule has 3 rings (SSSR count). The summed E-state index contributed by atoms with van der Waals surface area (Å²) in [7, 11) is 0. The van der Waals surface area contributed by atoms with E-state index in [2.05, 4.69) is 5.32 Å². The topological polar surface area (TPSA) is 116 Å². The van der Waals surface area contributed by atoms with E-state index in [0.29, 0.717) is 12.8 Å². The van der Waals surface area contributed by atoms with Crippen molar-refractivity contribution in [3.8, 4) is 5.75 Å². The van der Waals surface area contributed by atoms with Gasteiger partial charge < -0.3 is 15.8 Å². The molecule has 0 saturated heterocycles. The summed E-state index contributed by atoms with van der Waals surface area (Å²) in [5.74, 6) is -1.90. The van der Waals surface area contributed by atoms with E-state index in [1.165, 1.54) is 6.07 Å². The Morgan fingerprint density at radius 1 is 1.00 bits per heavy atom. The van der Waals surface area contributed by atoms with E-state index in [-0.39, 0.29) is 46.9 Å². The van der Waals surface area contributed by atoms with Gasteiger partial charge in [0.1, 0.15) is 5.75 Å². The molecule has 0 aromatic heterocycles. The number of ketones is 2. The van der Waals surface area contributed by atoms with Crippen molar-refractivity contribution in [2.24, 2.45) is 0 Å². The lowest BCUT2D eigenvalue weighted by atomic mass is 9.82. The predicted molar refractivity (Wildman–Crippen MR) is 135 cm³/mol. The molecule has 1 aliphatic rings. The molecular weight excluding hydrogens is 444 g/mol. The number of nitrogens with one attached hydrogen (secondary N) is 1. The first-order chi connectivity index (χ1) is 16.7. The van der Waals surface area contributed by atoms with Crippen LogP contribution in [0.4, 0.5) is 5.69 Å². The molecule has 1 atom stereocenters. The fourth-order valence-electron chi connectivity index (χ4n) is 4.33. The minimum absolute atomic E-state index is 0.0736. The van der Waals surface area contributed by atoms with Gasteiger partial charge in [0.05, 0.1) is 5.56 Å². The maximum Gasteiger partial charge on any atom is 0.311 e. The van der Waals surface area contributed by atoms with Crippen LogP contribution < -0.4 is 15.8 Å². The Balaban J connectivity index is 2.22. The van der Waals surface area contributed by atoms with Gasteiger partial charge in [0.2, 0.25) is 17.5 Å². The highest BCUT2D eigenvalue weighted by molar-refractivity contribution is 6.35. The molecule has 0 bridgehead atoms. The Labute approximate surface area is 206 Å². The molecule has 0 fully saturated rings. The smallest absolute Gasteiger partial charge is 0.311 e. The van der Waals surface area contributed by atoms with E-state index in [4.69, 9.17) is 10.5 Å². The molecule has 35 heavy (non-hydrogen) atoms. The van der Waals surface area contributed by atoms with Crippen molar-refractivity contribution >= 4 is 29.1 Å². The molecular formula is C28H34N2O5. The molecule has 186 valence electrons. The molecule has 2 aromatic rings. The lowest BCUT2D eigenvalue weighted by Crippen LogP contribution is -2.54. The quantitative estimate of drug-likeness (QED) is 0.213. The van der Waals surface area contributed by atoms with Crippen molar-refractivity contribution in [2.45, 2.75) is 77.7 Å². The highest BCUT2D eigenvalue weighted by atomic mass is 16.5. The van der Waals surface area contributed by atoms with Crippen LogP contribution in [0.3, 0.4) is 0 Å². The van der Waals surface area contributed by atoms with E-state index >= 15 is 0 Å². The number of anilines is 1. The van der Waals surface area contributed by atoms with Gasteiger partial charge in [-0.1, -0.05) is 64.8 Å². The van der Waals surface area contributed by atoms with Crippen molar-refractivity contribution in [3.63, 3.8) is 0 Å². The normalized spacial score (nSPS) is 16.9. The SMILES string of the molecule is CCCCC(=O)NC1(c2ccc(C(C)C)cc2OC(=O)CCCC)C(=O)c2cccc(N)c2C1=O. The molecule has 0 saturated carbocycles. The second-order valence-corrected chi connectivity index (χ2v) is 9.32. The van der Waals surface area contributed by atoms with Gasteiger partial charge in [-0.15, -0.1) is 0 Å². The minimum atomic E-state index is -2.06. The molecule has 0 aliphatic heterocycles. The Kier molecular flexibility index (Phi) is 8.10. The van der Waals surface area contributed by atoms with E-state index in [9.17, 15) is 19.2 Å². The Bertz CT molecular complexity index is 1150. The molecule has 1 unspecified atom stereocenters. The van der Waals surface area contributed by atoms with E-state index in [1.807, 2.05) is 27.7 Å². The number of carbonyl (C=O) groups excluding carboxylic acids is 4. The average molecular weight is 479 g/mol. The predicted octanol–water partition coefficient (Wildman–Crippen LogP) is 5.07. The first-order valence-corrected chi connectivity index (χ1v) is 12.3. The second kappa shape index (κ2) is 10.8. The Morgan fingerprint density at radius 2 is 1.69 bits per heavy atom. The summed E-state index contributed by atoms with van der Waals surface area (Å²) in [6.45, 7) is 7.89. The molecule has 1 aliphatic carbocycles. The van der Waals surface area contributed by atoms with Crippen molar-refractivity contribution in [1.29, 1.82) is 0 Å². The standard InChI is InChI=1S/C28H34N2O5/c1-5-7-12-23(31)30-28(26(33)19-10-9-11-21(29)25(19)27(28)34)20-15-14-18(17(3)4)16-22(20)35-24(32)13-8-6-2/h9-11,14-17H,5-8,12-13,29H2,1-4H3,(H,30,31). The third kappa shape index (κ3) is 4.99. The molecule has 0 heterocycles. The number of nitrogen functional groups attached to an aromatic ring is 1. The van der Waals surface area contributed by atoms with Crippen LogP contribution in [0.15, 0.2) is 36.4 Å². The highest BCUT2D eigenvalue weighted by Crippen LogP contribution is 2.44. The van der Waals surface area contributed by atoms with Gasteiger partial charge in [0.15, 0.2) is 5.54 Å². The van der Waals surface area contributed by atoms with Crippen LogP contribution in [0.2, 0.25) is 0 Å². The molecule has 0 radical (unpaired) electrons. The number of fused-ring (bicyclic) bond motifs is 1. The number of hydrogen-bond acceptors (Lipinski definition) is 6. The van der Waals surface area contributed by atoms with Crippen LogP contribution in [0.25, 0.3) is 0 Å². The molecule has 1 amide bonds. The highest BCUT2D eigenvalue weighted by Gasteiger charge is 2.57. The number of rotatable bonds is 10. The fraction of sp³-hybridized carbons (Fsp3) is 0.429. The molecule has 7 nitrogen and oxygen atoms in total. The zero-order valence-corrected chi connectivity index (χ0v) is 20.9. The summed E-state index contributed by atoms with van der Waals surface area (Å²) in [5.41, 5.74) is 5.43. The first-order valence-electron chi connectivity index (χ1n) is 12.3. The van der Waals surface area contributed by atoms with E-state index in [0.717, 1.165) is 18.4 Å². The number of nitrogens with two attached hydrogens (primary N) is 1. The van der Waals surface area contributed by atoms with Gasteiger partial charge in [0, 0.05) is 29.7 Å². The van der Waals surface area contributed by atoms with Crippen LogP contribution in [0, 0.1) is 0 Å². The number of benzene rings is 2. The largest absolute Gasteiger partial charge is 0.426 e. The van der Waals surface area contributed by atoms with E-state index in [1.54, 1.807) is 30.3 Å². The number of Topliss-reactive ketones (excluding diaryl/α,β-unsaturated/α-hetero) is 2. The van der Waals surface area contributed by atoms with Crippen molar-refractivity contribution in [3.05, 3.63) is 58.7 Å². The van der Waals surface area contributed by atoms with Crippen LogP contribution in [-0.2, 0) is 15.1 Å². The van der Waals surface area contributed by atoms with Crippen LogP contribution in [0.1, 0.15) is 104 Å². The van der Waals surface area contributed by atoms with Gasteiger partial charge >= 0.3 is 5.97 Å². The third-order valence-corrected chi connectivity index (χ3v) is 6.37. The maximum atomic E-state index is 13.9. The lowest BCUT2D eigenvalue weighted by Gasteiger charge is -2.30. The number of carbonyl (C=O) groups is 4. The van der Waals surface area contributed by atoms with Gasteiger partial charge in [0.25, 0.3) is 0 Å². The Morgan fingerprint density at radius 3 is 2.31 bits per heavy atom. The second-order valence-electron chi connectivity index (χ2n) is 9.32. The number of unbranched alkanes of at least 4 members (excludes halogenated alkanes) is 2. The molecule has 2 aromatic carbocycles. The number of esters is 1. The summed E-state index contributed by atoms with van der Waals surface area (Å²) in [6, 6.07) is 9.75. The molecule has 7 heteroatoms. The van der Waals surface area contributed by atoms with Gasteiger partial charge in [-0.3, -0.25) is 19.2 Å². The molecule has 3 N–H and O–H groups in total. The summed E-state index contributed by atoms with van der Waals surface area (Å²) in [4.78, 5) is 53.4. The fourth-order valence-corrected chi connectivity index (χ4v) is 4.33. The van der Waals surface area contributed by atoms with Crippen molar-refractivity contribution in [1.82, 2.24) is 5.32 Å². The van der Waals surface area contributed by atoms with Crippen molar-refractivity contribution < 1.29 is 23.9 Å². The Hall–Kier alpha value is -3.48. The van der Waals surface area contributed by atoms with Crippen LogP contribution in [0.5, 0.6) is 5.75 Å². The first kappa shape index (κ1) is 26.1. The van der Waals surface area contributed by atoms with Gasteiger partial charge in [-0.25, -0.2) is 0 Å². The zero-order valence-electron chi connectivity index (χ0n) is 20.9. The van der Waals surface area contributed by atoms with E-state index < -0.39 is 29.0 Å². The summed E-state index contributed by atoms with van der Waals surface area (Å²) in [6.07, 6.45) is 3.20. The van der Waals surface area contributed by atoms with Crippen LogP contribution >= 0.6 is 0 Å². The number of amides is 1. The minimum Gasteiger partial charge on any atom is -0.426 e. The average Bonchev–Trinajstić information content (AvgIpc) is 3.04. The third-order valence-electron chi connectivity index (χ3n) is 6.37. The number of ether oxygens (including phenoxy) is 1. The maximum absolute atomic E-state index is 13.9. The van der Waals surface area contributed by atoms with Gasteiger partial charge in [-0.2, -0.15) is 0 Å². The van der Waals surface area contributed by atoms with Gasteiger partial charge in [-0.05, 0) is 36.5 Å². The monoisotopic (exact) mass is 478 g/mol. The lowest BCUT2D eigenvalue weighted by molar-refractivity contribution is -0.134. The van der Waals surface area contributed by atoms with Crippen LogP contribution in [-0.4, -0.2) is 23.4 Å².